The number of H-pyrrole nitrogens is 1. The molecule has 0 unspecified atom stereocenters. The van der Waals surface area contributed by atoms with Gasteiger partial charge < -0.3 is 9.55 Å². The maximum Gasteiger partial charge on any atom is 0.205 e. The molecule has 1 aromatic carbocycles. The molecule has 4 nitrogen and oxygen atoms in total. The quantitative estimate of drug-likeness (QED) is 0.438. The van der Waals surface area contributed by atoms with Crippen LogP contribution in [-0.2, 0) is 7.05 Å². The number of fused-ring (bicyclic) bond motifs is 1. The third-order valence-corrected chi connectivity index (χ3v) is 4.02. The van der Waals surface area contributed by atoms with Gasteiger partial charge in [0, 0.05) is 46.1 Å². The first-order valence-electron chi connectivity index (χ1n) is 6.64. The zero-order chi connectivity index (χ0) is 15.7. The molecule has 0 amide bonds. The third-order valence-electron chi connectivity index (χ3n) is 3.53. The van der Waals surface area contributed by atoms with E-state index in [1.54, 1.807) is 12.3 Å². The molecule has 0 bridgehead atoms. The molecular formula is C17H12BrN3O. The number of benzene rings is 1. The SMILES string of the molecule is Cn1cccc1/C=C(\C#N)C(=O)c1c[nH]c2ccc(Br)cc12. The molecule has 2 heterocycles. The lowest BCUT2D eigenvalue weighted by Crippen LogP contribution is -2.02. The van der Waals surface area contributed by atoms with Gasteiger partial charge in [0.1, 0.15) is 11.6 Å². The average molecular weight is 354 g/mol. The van der Waals surface area contributed by atoms with E-state index in [0.717, 1.165) is 21.1 Å². The van der Waals surface area contributed by atoms with Crippen LogP contribution in [0.4, 0.5) is 0 Å². The van der Waals surface area contributed by atoms with Gasteiger partial charge in [0.2, 0.25) is 5.78 Å². The highest BCUT2D eigenvalue weighted by atomic mass is 79.9. The molecule has 3 rings (SSSR count). The first-order valence-corrected chi connectivity index (χ1v) is 7.44. The zero-order valence-electron chi connectivity index (χ0n) is 11.8. The Morgan fingerprint density at radius 3 is 2.91 bits per heavy atom. The number of aryl methyl sites for hydroxylation is 1. The van der Waals surface area contributed by atoms with E-state index in [1.807, 2.05) is 54.2 Å². The first-order chi connectivity index (χ1) is 10.6. The second kappa shape index (κ2) is 5.66. The number of halogens is 1. The van der Waals surface area contributed by atoms with E-state index in [9.17, 15) is 10.1 Å². The number of Topliss-reactive ketones (excluding diaryl/α,β-unsaturated/α-hetero) is 1. The van der Waals surface area contributed by atoms with Crippen LogP contribution in [0, 0.1) is 11.3 Å². The number of rotatable bonds is 3. The van der Waals surface area contributed by atoms with Crippen molar-refractivity contribution in [3.05, 3.63) is 64.0 Å². The predicted octanol–water partition coefficient (Wildman–Crippen LogP) is 4.06. The van der Waals surface area contributed by atoms with Crippen molar-refractivity contribution in [1.82, 2.24) is 9.55 Å². The smallest absolute Gasteiger partial charge is 0.205 e. The Kier molecular flexibility index (Phi) is 3.70. The number of nitrogens with zero attached hydrogens (tertiary/aromatic N) is 2. The fourth-order valence-corrected chi connectivity index (χ4v) is 2.71. The molecule has 0 saturated heterocycles. The van der Waals surface area contributed by atoms with Crippen molar-refractivity contribution in [3.63, 3.8) is 0 Å². The van der Waals surface area contributed by atoms with E-state index >= 15 is 0 Å². The maximum atomic E-state index is 12.7. The molecule has 22 heavy (non-hydrogen) atoms. The van der Waals surface area contributed by atoms with Crippen LogP contribution >= 0.6 is 15.9 Å². The van der Waals surface area contributed by atoms with Crippen LogP contribution in [0.2, 0.25) is 0 Å². The van der Waals surface area contributed by atoms with Gasteiger partial charge in [0.05, 0.1) is 0 Å². The summed E-state index contributed by atoms with van der Waals surface area (Å²) in [5.41, 5.74) is 2.29. The van der Waals surface area contributed by atoms with Crippen molar-refractivity contribution < 1.29 is 4.79 Å². The minimum atomic E-state index is -0.284. The number of aromatic amines is 1. The molecule has 0 saturated carbocycles. The maximum absolute atomic E-state index is 12.7. The summed E-state index contributed by atoms with van der Waals surface area (Å²) >= 11 is 3.40. The molecule has 1 N–H and O–H groups in total. The van der Waals surface area contributed by atoms with E-state index < -0.39 is 0 Å². The van der Waals surface area contributed by atoms with Crippen LogP contribution in [0.1, 0.15) is 16.1 Å². The number of hydrogen-bond acceptors (Lipinski definition) is 2. The average Bonchev–Trinajstić information content (AvgIpc) is 3.10. The van der Waals surface area contributed by atoms with Crippen molar-refractivity contribution in [2.24, 2.45) is 7.05 Å². The summed E-state index contributed by atoms with van der Waals surface area (Å²) in [4.78, 5) is 15.7. The van der Waals surface area contributed by atoms with Crippen LogP contribution in [0.3, 0.4) is 0 Å². The molecule has 0 spiro atoms. The topological polar surface area (TPSA) is 61.6 Å². The highest BCUT2D eigenvalue weighted by Crippen LogP contribution is 2.25. The Balaban J connectivity index is 2.08. The summed E-state index contributed by atoms with van der Waals surface area (Å²) in [6.45, 7) is 0. The van der Waals surface area contributed by atoms with Crippen LogP contribution in [-0.4, -0.2) is 15.3 Å². The Labute approximate surface area is 135 Å². The Morgan fingerprint density at radius 1 is 1.41 bits per heavy atom. The summed E-state index contributed by atoms with van der Waals surface area (Å²) in [5.74, 6) is -0.284. The van der Waals surface area contributed by atoms with Crippen molar-refractivity contribution in [2.75, 3.05) is 0 Å². The van der Waals surface area contributed by atoms with Crippen LogP contribution in [0.15, 0.2) is 52.8 Å². The van der Waals surface area contributed by atoms with E-state index in [4.69, 9.17) is 0 Å². The van der Waals surface area contributed by atoms with E-state index in [-0.39, 0.29) is 11.4 Å². The highest BCUT2D eigenvalue weighted by Gasteiger charge is 2.17. The first kappa shape index (κ1) is 14.4. The molecule has 0 aliphatic rings. The standard InChI is InChI=1S/C17H12BrN3O/c1-21-6-2-3-13(21)7-11(9-19)17(22)15-10-20-16-5-4-12(18)8-14(15)16/h2-8,10,20H,1H3/b11-7+. The van der Waals surface area contributed by atoms with E-state index in [0.29, 0.717) is 5.56 Å². The molecule has 0 aliphatic heterocycles. The normalized spacial score (nSPS) is 11.6. The Morgan fingerprint density at radius 2 is 2.23 bits per heavy atom. The number of nitrogens with one attached hydrogen (secondary N) is 1. The van der Waals surface area contributed by atoms with Gasteiger partial charge in [0.25, 0.3) is 0 Å². The largest absolute Gasteiger partial charge is 0.360 e. The van der Waals surface area contributed by atoms with Crippen molar-refractivity contribution >= 4 is 38.7 Å². The number of ketones is 1. The van der Waals surface area contributed by atoms with Gasteiger partial charge in [-0.2, -0.15) is 5.26 Å². The van der Waals surface area contributed by atoms with E-state index in [2.05, 4.69) is 20.9 Å². The minimum Gasteiger partial charge on any atom is -0.360 e. The van der Waals surface area contributed by atoms with Gasteiger partial charge in [-0.1, -0.05) is 15.9 Å². The molecule has 5 heteroatoms. The van der Waals surface area contributed by atoms with Gasteiger partial charge in [-0.15, -0.1) is 0 Å². The monoisotopic (exact) mass is 353 g/mol. The van der Waals surface area contributed by atoms with Crippen LogP contribution in [0.5, 0.6) is 0 Å². The molecule has 108 valence electrons. The van der Waals surface area contributed by atoms with Gasteiger partial charge in [0.15, 0.2) is 0 Å². The lowest BCUT2D eigenvalue weighted by molar-refractivity contribution is 0.104. The zero-order valence-corrected chi connectivity index (χ0v) is 13.4. The fraction of sp³-hybridized carbons (Fsp3) is 0.0588. The number of nitriles is 1. The predicted molar refractivity (Wildman–Crippen MR) is 89.3 cm³/mol. The van der Waals surface area contributed by atoms with Gasteiger partial charge in [-0.25, -0.2) is 0 Å². The molecule has 0 aliphatic carbocycles. The minimum absolute atomic E-state index is 0.114. The van der Waals surface area contributed by atoms with Crippen LogP contribution < -0.4 is 0 Å². The molecule has 0 radical (unpaired) electrons. The molecule has 0 atom stereocenters. The lowest BCUT2D eigenvalue weighted by Gasteiger charge is -2.00. The number of hydrogen-bond donors (Lipinski definition) is 1. The molecule has 2 aromatic heterocycles. The third kappa shape index (κ3) is 2.49. The Hall–Kier alpha value is -2.58. The fourth-order valence-electron chi connectivity index (χ4n) is 2.35. The Bertz CT molecular complexity index is 940. The van der Waals surface area contributed by atoms with Crippen molar-refractivity contribution in [1.29, 1.82) is 5.26 Å². The summed E-state index contributed by atoms with van der Waals surface area (Å²) in [6, 6.07) is 11.4. The van der Waals surface area contributed by atoms with Gasteiger partial charge >= 0.3 is 0 Å². The highest BCUT2D eigenvalue weighted by molar-refractivity contribution is 9.10. The van der Waals surface area contributed by atoms with Crippen molar-refractivity contribution in [3.8, 4) is 6.07 Å². The molecular weight excluding hydrogens is 342 g/mol. The number of allylic oxidation sites excluding steroid dienone is 1. The number of carbonyl (C=O) groups is 1. The summed E-state index contributed by atoms with van der Waals surface area (Å²) < 4.78 is 2.75. The summed E-state index contributed by atoms with van der Waals surface area (Å²) in [7, 11) is 1.87. The second-order valence-electron chi connectivity index (χ2n) is 4.94. The summed E-state index contributed by atoms with van der Waals surface area (Å²) in [6.07, 6.45) is 5.13. The van der Waals surface area contributed by atoms with Gasteiger partial charge in [-0.05, 0) is 36.4 Å². The lowest BCUT2D eigenvalue weighted by atomic mass is 10.0. The van der Waals surface area contributed by atoms with Crippen molar-refractivity contribution in [2.45, 2.75) is 0 Å². The van der Waals surface area contributed by atoms with Crippen LogP contribution in [0.25, 0.3) is 17.0 Å². The summed E-state index contributed by atoms with van der Waals surface area (Å²) in [5, 5.41) is 10.1. The van der Waals surface area contributed by atoms with E-state index in [1.165, 1.54) is 0 Å². The number of aromatic nitrogens is 2. The molecule has 0 fully saturated rings. The number of carbonyl (C=O) groups excluding carboxylic acids is 1. The molecule has 3 aromatic rings. The van der Waals surface area contributed by atoms with Gasteiger partial charge in [-0.3, -0.25) is 4.79 Å². The second-order valence-corrected chi connectivity index (χ2v) is 5.85.